The third kappa shape index (κ3) is 7.34. The van der Waals surface area contributed by atoms with Crippen molar-refractivity contribution in [3.63, 3.8) is 0 Å². The van der Waals surface area contributed by atoms with Gasteiger partial charge in [0.25, 0.3) is 0 Å². The summed E-state index contributed by atoms with van der Waals surface area (Å²) in [5.74, 6) is 0.637. The van der Waals surface area contributed by atoms with Gasteiger partial charge in [0.1, 0.15) is 17.2 Å². The standard InChI is InChI=1S/C15H15NO2.C6H5BrO3S/c1-16-9-7-12(8-10-16)3-4-13-5-6-14(17)15(11-13)18-2;7-5-1-3-6(4-2-5)11(8,9)10/h3-11H,1-2H3;1-4H,(H,8,9,10). The van der Waals surface area contributed by atoms with Gasteiger partial charge in [-0.15, -0.1) is 0 Å². The monoisotopic (exact) mass is 477 g/mol. The number of aryl methyl sites for hydroxylation is 1. The van der Waals surface area contributed by atoms with E-state index in [4.69, 9.17) is 4.74 Å². The Balaban J connectivity index is 0.000000234. The van der Waals surface area contributed by atoms with Gasteiger partial charge in [-0.25, -0.2) is 13.0 Å². The maximum Gasteiger partial charge on any atom is 0.169 e. The Morgan fingerprint density at radius 2 is 1.59 bits per heavy atom. The smallest absolute Gasteiger partial charge is 0.169 e. The minimum absolute atomic E-state index is 0.154. The van der Waals surface area contributed by atoms with Crippen molar-refractivity contribution in [1.82, 2.24) is 0 Å². The summed E-state index contributed by atoms with van der Waals surface area (Å²) in [4.78, 5) is -0.208. The SMILES string of the molecule is COc1cc(/C=C/c2cc[n+](C)cc2)ccc1O.O=S(=O)([O-])c1ccc(Br)cc1. The molecular weight excluding hydrogens is 458 g/mol. The van der Waals surface area contributed by atoms with Crippen LogP contribution in [0.3, 0.4) is 0 Å². The number of hydrogen-bond donors (Lipinski definition) is 1. The van der Waals surface area contributed by atoms with Crippen molar-refractivity contribution in [3.05, 3.63) is 82.6 Å². The molecule has 6 nitrogen and oxygen atoms in total. The van der Waals surface area contributed by atoms with E-state index in [1.165, 1.54) is 24.3 Å². The van der Waals surface area contributed by atoms with Gasteiger partial charge in [0.05, 0.1) is 12.0 Å². The number of halogens is 1. The number of rotatable bonds is 4. The first-order valence-electron chi connectivity index (χ1n) is 8.41. The number of ether oxygens (including phenoxy) is 1. The number of benzene rings is 2. The van der Waals surface area contributed by atoms with Gasteiger partial charge in [-0.2, -0.15) is 0 Å². The molecule has 0 unspecified atom stereocenters. The fourth-order valence-electron chi connectivity index (χ4n) is 2.22. The molecule has 0 fully saturated rings. The second-order valence-corrected chi connectivity index (χ2v) is 8.26. The highest BCUT2D eigenvalue weighted by Crippen LogP contribution is 2.27. The molecule has 0 saturated carbocycles. The Hall–Kier alpha value is -2.68. The Morgan fingerprint density at radius 3 is 2.14 bits per heavy atom. The van der Waals surface area contributed by atoms with Crippen molar-refractivity contribution >= 4 is 38.2 Å². The first kappa shape index (κ1) is 22.6. The number of phenols is 1. The second-order valence-electron chi connectivity index (χ2n) is 5.97. The average Bonchev–Trinajstić information content (AvgIpc) is 2.69. The maximum absolute atomic E-state index is 10.4. The van der Waals surface area contributed by atoms with E-state index in [0.29, 0.717) is 5.75 Å². The van der Waals surface area contributed by atoms with Gasteiger partial charge in [-0.05, 0) is 47.5 Å². The third-order valence-corrected chi connectivity index (χ3v) is 5.16. The van der Waals surface area contributed by atoms with Crippen LogP contribution in [-0.4, -0.2) is 25.2 Å². The first-order valence-corrected chi connectivity index (χ1v) is 10.6. The van der Waals surface area contributed by atoms with Crippen LogP contribution in [0.5, 0.6) is 11.5 Å². The molecule has 1 N–H and O–H groups in total. The normalized spacial score (nSPS) is 11.0. The summed E-state index contributed by atoms with van der Waals surface area (Å²) in [6, 6.07) is 14.9. The van der Waals surface area contributed by atoms with E-state index in [1.54, 1.807) is 19.2 Å². The maximum atomic E-state index is 10.4. The lowest BCUT2D eigenvalue weighted by Gasteiger charge is -2.05. The lowest BCUT2D eigenvalue weighted by atomic mass is 10.1. The molecule has 0 spiro atoms. The molecule has 8 heteroatoms. The van der Waals surface area contributed by atoms with E-state index < -0.39 is 10.1 Å². The summed E-state index contributed by atoms with van der Waals surface area (Å²) in [7, 11) is -0.765. The van der Waals surface area contributed by atoms with Crippen LogP contribution in [0.1, 0.15) is 11.1 Å². The van der Waals surface area contributed by atoms with Crippen LogP contribution >= 0.6 is 15.9 Å². The molecule has 0 aliphatic rings. The molecule has 0 bridgehead atoms. The summed E-state index contributed by atoms with van der Waals surface area (Å²) >= 11 is 3.12. The zero-order valence-corrected chi connectivity index (χ0v) is 18.2. The summed E-state index contributed by atoms with van der Waals surface area (Å²) in [6.45, 7) is 0. The van der Waals surface area contributed by atoms with E-state index >= 15 is 0 Å². The van der Waals surface area contributed by atoms with Gasteiger partial charge in [0, 0.05) is 16.6 Å². The van der Waals surface area contributed by atoms with Gasteiger partial charge in [0.2, 0.25) is 0 Å². The van der Waals surface area contributed by atoms with E-state index in [-0.39, 0.29) is 10.6 Å². The molecule has 0 amide bonds. The molecule has 0 aliphatic carbocycles. The molecule has 1 aromatic heterocycles. The number of hydrogen-bond acceptors (Lipinski definition) is 5. The Kier molecular flexibility index (Phi) is 7.95. The molecule has 0 atom stereocenters. The van der Waals surface area contributed by atoms with E-state index in [2.05, 4.69) is 15.9 Å². The fourth-order valence-corrected chi connectivity index (χ4v) is 2.95. The van der Waals surface area contributed by atoms with Gasteiger partial charge in [-0.1, -0.05) is 34.1 Å². The lowest BCUT2D eigenvalue weighted by Crippen LogP contribution is -2.25. The molecule has 0 saturated heterocycles. The van der Waals surface area contributed by atoms with Crippen LogP contribution in [0.4, 0.5) is 0 Å². The van der Waals surface area contributed by atoms with Crippen molar-refractivity contribution in [3.8, 4) is 11.5 Å². The van der Waals surface area contributed by atoms with E-state index in [9.17, 15) is 18.1 Å². The minimum Gasteiger partial charge on any atom is -0.744 e. The number of methoxy groups -OCH3 is 1. The Morgan fingerprint density at radius 1 is 1.00 bits per heavy atom. The highest BCUT2D eigenvalue weighted by molar-refractivity contribution is 9.10. The van der Waals surface area contributed by atoms with Crippen LogP contribution in [0.15, 0.2) is 76.4 Å². The van der Waals surface area contributed by atoms with Crippen molar-refractivity contribution < 1.29 is 27.4 Å². The van der Waals surface area contributed by atoms with Crippen LogP contribution in [0, 0.1) is 0 Å². The molecule has 0 aliphatic heterocycles. The lowest BCUT2D eigenvalue weighted by molar-refractivity contribution is -0.671. The highest BCUT2D eigenvalue weighted by atomic mass is 79.9. The molecule has 152 valence electrons. The van der Waals surface area contributed by atoms with E-state index in [0.717, 1.165) is 15.6 Å². The third-order valence-electron chi connectivity index (χ3n) is 3.78. The second kappa shape index (κ2) is 10.2. The summed E-state index contributed by atoms with van der Waals surface area (Å²) in [5.41, 5.74) is 2.11. The van der Waals surface area contributed by atoms with Gasteiger partial charge < -0.3 is 14.4 Å². The first-order chi connectivity index (χ1) is 13.7. The molecule has 1 heterocycles. The number of aromatic hydroxyl groups is 1. The molecule has 29 heavy (non-hydrogen) atoms. The molecule has 3 aromatic rings. The van der Waals surface area contributed by atoms with Crippen molar-refractivity contribution in [1.29, 1.82) is 0 Å². The summed E-state index contributed by atoms with van der Waals surface area (Å²) < 4.78 is 38.9. The van der Waals surface area contributed by atoms with Crippen LogP contribution in [0.2, 0.25) is 0 Å². The molecule has 3 rings (SSSR count). The predicted octanol–water partition coefficient (Wildman–Crippen LogP) is 3.75. The predicted molar refractivity (Wildman–Crippen MR) is 113 cm³/mol. The minimum atomic E-state index is -4.29. The van der Waals surface area contributed by atoms with Crippen molar-refractivity contribution in [2.45, 2.75) is 4.90 Å². The van der Waals surface area contributed by atoms with Crippen molar-refractivity contribution in [2.24, 2.45) is 7.05 Å². The largest absolute Gasteiger partial charge is 0.744 e. The summed E-state index contributed by atoms with van der Waals surface area (Å²) in [5, 5.41) is 9.50. The zero-order valence-electron chi connectivity index (χ0n) is 15.8. The Labute approximate surface area is 178 Å². The number of pyridine rings is 1. The van der Waals surface area contributed by atoms with Gasteiger partial charge >= 0.3 is 0 Å². The zero-order chi connectivity index (χ0) is 21.4. The van der Waals surface area contributed by atoms with Crippen molar-refractivity contribution in [2.75, 3.05) is 7.11 Å². The Bertz CT molecular complexity index is 1080. The van der Waals surface area contributed by atoms with Crippen LogP contribution in [-0.2, 0) is 17.2 Å². The molecule has 0 radical (unpaired) electrons. The summed E-state index contributed by atoms with van der Waals surface area (Å²) in [6.07, 6.45) is 8.00. The molecular formula is C21H20BrNO5S. The van der Waals surface area contributed by atoms with E-state index in [1.807, 2.05) is 54.4 Å². The topological polar surface area (TPSA) is 90.5 Å². The number of aromatic nitrogens is 1. The fraction of sp³-hybridized carbons (Fsp3) is 0.0952. The van der Waals surface area contributed by atoms with Crippen LogP contribution < -0.4 is 9.30 Å². The van der Waals surface area contributed by atoms with Gasteiger partial charge in [-0.3, -0.25) is 0 Å². The quantitative estimate of drug-likeness (QED) is 0.456. The highest BCUT2D eigenvalue weighted by Gasteiger charge is 2.00. The number of nitrogens with zero attached hydrogens (tertiary/aromatic N) is 1. The average molecular weight is 478 g/mol. The van der Waals surface area contributed by atoms with Crippen LogP contribution in [0.25, 0.3) is 12.2 Å². The molecule has 2 aromatic carbocycles. The van der Waals surface area contributed by atoms with Gasteiger partial charge in [0.15, 0.2) is 23.9 Å². The number of phenolic OH excluding ortho intramolecular Hbond substituents is 1.